The first kappa shape index (κ1) is 15.1. The average molecular weight is 314 g/mol. The van der Waals surface area contributed by atoms with Crippen LogP contribution in [0, 0.1) is 5.92 Å². The van der Waals surface area contributed by atoms with Gasteiger partial charge in [-0.15, -0.1) is 0 Å². The minimum Gasteiger partial charge on any atom is -0.455 e. The zero-order chi connectivity index (χ0) is 15.3. The summed E-state index contributed by atoms with van der Waals surface area (Å²) >= 11 is 0. The minimum atomic E-state index is -5.91. The third-order valence-corrected chi connectivity index (χ3v) is 4.40. The third-order valence-electron chi connectivity index (χ3n) is 3.59. The molecular formula is C10H12F2O7S. The Morgan fingerprint density at radius 1 is 1.50 bits per heavy atom. The van der Waals surface area contributed by atoms with E-state index >= 15 is 0 Å². The number of hydrogen-bond acceptors (Lipinski definition) is 6. The summed E-state index contributed by atoms with van der Waals surface area (Å²) in [5.41, 5.74) is -1.25. The van der Waals surface area contributed by atoms with E-state index in [1.807, 2.05) is 0 Å². The molecule has 7 nitrogen and oxygen atoms in total. The highest BCUT2D eigenvalue weighted by molar-refractivity contribution is 7.87. The summed E-state index contributed by atoms with van der Waals surface area (Å²) in [5.74, 6) is -3.24. The normalized spacial score (nSPS) is 33.7. The van der Waals surface area contributed by atoms with Crippen LogP contribution in [0.25, 0.3) is 0 Å². The molecule has 1 saturated carbocycles. The van der Waals surface area contributed by atoms with Crippen molar-refractivity contribution in [1.82, 2.24) is 0 Å². The van der Waals surface area contributed by atoms with Crippen LogP contribution in [0.1, 0.15) is 26.2 Å². The molecule has 114 valence electrons. The molecule has 0 amide bonds. The summed E-state index contributed by atoms with van der Waals surface area (Å²) in [4.78, 5) is 22.6. The lowest BCUT2D eigenvalue weighted by Gasteiger charge is -2.34. The van der Waals surface area contributed by atoms with Gasteiger partial charge in [-0.05, 0) is 19.8 Å². The fourth-order valence-corrected chi connectivity index (χ4v) is 2.75. The Balaban J connectivity index is 2.15. The number of carbonyl (C=O) groups is 2. The zero-order valence-corrected chi connectivity index (χ0v) is 11.2. The van der Waals surface area contributed by atoms with Crippen LogP contribution in [0.2, 0.25) is 0 Å². The summed E-state index contributed by atoms with van der Waals surface area (Å²) in [6.07, 6.45) is -0.573. The second-order valence-electron chi connectivity index (χ2n) is 5.10. The van der Waals surface area contributed by atoms with Crippen LogP contribution >= 0.6 is 0 Å². The predicted octanol–water partition coefficient (Wildman–Crippen LogP) is 0.494. The summed E-state index contributed by atoms with van der Waals surface area (Å²) in [7, 11) is -5.91. The quantitative estimate of drug-likeness (QED) is 0.597. The molecule has 3 unspecified atom stereocenters. The number of ether oxygens (including phenoxy) is 2. The molecule has 2 bridgehead atoms. The fourth-order valence-electron chi connectivity index (χ4n) is 2.49. The van der Waals surface area contributed by atoms with Gasteiger partial charge >= 0.3 is 27.3 Å². The number of halogens is 2. The van der Waals surface area contributed by atoms with Crippen molar-refractivity contribution >= 4 is 22.1 Å². The van der Waals surface area contributed by atoms with Crippen molar-refractivity contribution in [3.05, 3.63) is 0 Å². The maximum absolute atomic E-state index is 13.1. The number of esters is 2. The maximum Gasteiger partial charge on any atom is 0.465 e. The Kier molecular flexibility index (Phi) is 3.29. The Labute approximate surface area is 113 Å². The summed E-state index contributed by atoms with van der Waals surface area (Å²) in [6.45, 7) is 1.42. The molecule has 2 aliphatic rings. The number of hydrogen-bond donors (Lipinski definition) is 1. The summed E-state index contributed by atoms with van der Waals surface area (Å²) in [6, 6.07) is 0. The zero-order valence-electron chi connectivity index (χ0n) is 10.3. The topological polar surface area (TPSA) is 107 Å². The Bertz CT molecular complexity index is 558. The van der Waals surface area contributed by atoms with E-state index in [4.69, 9.17) is 9.29 Å². The molecule has 0 aromatic rings. The Morgan fingerprint density at radius 3 is 2.65 bits per heavy atom. The molecule has 1 heterocycles. The van der Waals surface area contributed by atoms with E-state index in [-0.39, 0.29) is 18.8 Å². The van der Waals surface area contributed by atoms with Crippen LogP contribution in [-0.2, 0) is 29.2 Å². The lowest BCUT2D eigenvalue weighted by Crippen LogP contribution is -2.48. The second-order valence-corrected chi connectivity index (χ2v) is 6.56. The first-order chi connectivity index (χ1) is 8.97. The molecule has 1 aliphatic heterocycles. The highest BCUT2D eigenvalue weighted by Crippen LogP contribution is 2.44. The standard InChI is InChI=1S/C10H12F2O7S/c1-9-4-5(7(13)19-9)2-3-6(9)18-8(14)10(11,12)20(15,16)17/h5-6H,2-4H2,1H3,(H,15,16,17). The van der Waals surface area contributed by atoms with Crippen molar-refractivity contribution < 1.29 is 40.8 Å². The van der Waals surface area contributed by atoms with Gasteiger partial charge in [-0.1, -0.05) is 0 Å². The Morgan fingerprint density at radius 2 is 2.10 bits per heavy atom. The van der Waals surface area contributed by atoms with E-state index in [1.54, 1.807) is 0 Å². The minimum absolute atomic E-state index is 0.0974. The van der Waals surface area contributed by atoms with E-state index in [2.05, 4.69) is 4.74 Å². The number of fused-ring (bicyclic) bond motifs is 2. The van der Waals surface area contributed by atoms with Crippen molar-refractivity contribution in [2.75, 3.05) is 0 Å². The van der Waals surface area contributed by atoms with Crippen molar-refractivity contribution in [3.63, 3.8) is 0 Å². The van der Waals surface area contributed by atoms with Gasteiger partial charge in [0.15, 0.2) is 0 Å². The smallest absolute Gasteiger partial charge is 0.455 e. The molecule has 1 N–H and O–H groups in total. The predicted molar refractivity (Wildman–Crippen MR) is 58.2 cm³/mol. The molecule has 0 radical (unpaired) electrons. The molecule has 20 heavy (non-hydrogen) atoms. The van der Waals surface area contributed by atoms with E-state index in [9.17, 15) is 26.8 Å². The molecule has 1 aliphatic carbocycles. The lowest BCUT2D eigenvalue weighted by molar-refractivity contribution is -0.185. The molecule has 0 spiro atoms. The monoisotopic (exact) mass is 314 g/mol. The molecule has 0 aromatic heterocycles. The van der Waals surface area contributed by atoms with Crippen LogP contribution < -0.4 is 0 Å². The molecule has 1 saturated heterocycles. The molecule has 2 fully saturated rings. The second kappa shape index (κ2) is 4.35. The van der Waals surface area contributed by atoms with Crippen LogP contribution in [-0.4, -0.2) is 41.9 Å². The lowest BCUT2D eigenvalue weighted by atomic mass is 9.80. The first-order valence-electron chi connectivity index (χ1n) is 5.76. The average Bonchev–Trinajstić information content (AvgIpc) is 2.53. The largest absolute Gasteiger partial charge is 0.465 e. The van der Waals surface area contributed by atoms with E-state index in [0.717, 1.165) is 0 Å². The SMILES string of the molecule is CC12CC(CCC1OC(=O)C(F)(F)S(=O)(=O)O)C(=O)O2. The number of rotatable bonds is 3. The van der Waals surface area contributed by atoms with Gasteiger partial charge in [0.25, 0.3) is 0 Å². The van der Waals surface area contributed by atoms with Gasteiger partial charge in [0, 0.05) is 6.42 Å². The van der Waals surface area contributed by atoms with Crippen molar-refractivity contribution in [2.24, 2.45) is 5.92 Å². The highest BCUT2D eigenvalue weighted by Gasteiger charge is 2.59. The van der Waals surface area contributed by atoms with Gasteiger partial charge in [0.2, 0.25) is 0 Å². The van der Waals surface area contributed by atoms with Crippen molar-refractivity contribution in [3.8, 4) is 0 Å². The summed E-state index contributed by atoms with van der Waals surface area (Å²) in [5, 5.41) is -5.05. The van der Waals surface area contributed by atoms with Crippen LogP contribution in [0.3, 0.4) is 0 Å². The Hall–Kier alpha value is -1.29. The number of carbonyl (C=O) groups excluding carboxylic acids is 2. The molecule has 2 rings (SSSR count). The van der Waals surface area contributed by atoms with Gasteiger partial charge in [0.05, 0.1) is 5.92 Å². The van der Waals surface area contributed by atoms with Crippen LogP contribution in [0.4, 0.5) is 8.78 Å². The molecule has 10 heteroatoms. The molecule has 3 atom stereocenters. The molecule has 0 aromatic carbocycles. The first-order valence-corrected chi connectivity index (χ1v) is 7.20. The van der Waals surface area contributed by atoms with Crippen LogP contribution in [0.5, 0.6) is 0 Å². The van der Waals surface area contributed by atoms with Gasteiger partial charge in [0.1, 0.15) is 11.7 Å². The van der Waals surface area contributed by atoms with Gasteiger partial charge in [-0.25, -0.2) is 4.79 Å². The van der Waals surface area contributed by atoms with E-state index < -0.39 is 39.0 Å². The van der Waals surface area contributed by atoms with E-state index in [0.29, 0.717) is 6.42 Å². The van der Waals surface area contributed by atoms with Crippen LogP contribution in [0.15, 0.2) is 0 Å². The van der Waals surface area contributed by atoms with Gasteiger partial charge in [-0.3, -0.25) is 9.35 Å². The third kappa shape index (κ3) is 2.26. The van der Waals surface area contributed by atoms with Crippen molar-refractivity contribution in [2.45, 2.75) is 43.1 Å². The van der Waals surface area contributed by atoms with Crippen molar-refractivity contribution in [1.29, 1.82) is 0 Å². The highest BCUT2D eigenvalue weighted by atomic mass is 32.2. The van der Waals surface area contributed by atoms with Gasteiger partial charge in [-0.2, -0.15) is 17.2 Å². The molecular weight excluding hydrogens is 302 g/mol. The summed E-state index contributed by atoms with van der Waals surface area (Å²) < 4.78 is 64.9. The van der Waals surface area contributed by atoms with E-state index in [1.165, 1.54) is 6.92 Å². The maximum atomic E-state index is 13.1. The number of alkyl halides is 2. The van der Waals surface area contributed by atoms with Gasteiger partial charge < -0.3 is 9.47 Å². The fraction of sp³-hybridized carbons (Fsp3) is 0.800.